The van der Waals surface area contributed by atoms with Gasteiger partial charge in [-0.2, -0.15) is 0 Å². The van der Waals surface area contributed by atoms with Crippen LogP contribution >= 0.6 is 0 Å². The van der Waals surface area contributed by atoms with Gasteiger partial charge < -0.3 is 0 Å². The molecule has 4 heteroatoms. The molecule has 3 nitrogen and oxygen atoms in total. The van der Waals surface area contributed by atoms with Crippen molar-refractivity contribution in [2.75, 3.05) is 0 Å². The van der Waals surface area contributed by atoms with Gasteiger partial charge in [-0.3, -0.25) is 0 Å². The van der Waals surface area contributed by atoms with Gasteiger partial charge in [0.05, 0.1) is 0 Å². The molecular formula is C15H33InO3. The summed E-state index contributed by atoms with van der Waals surface area (Å²) in [5.41, 5.74) is -0.475. The fraction of sp³-hybridized carbons (Fsp3) is 1.00. The Morgan fingerprint density at radius 2 is 0.789 bits per heavy atom. The van der Waals surface area contributed by atoms with E-state index >= 15 is 0 Å². The summed E-state index contributed by atoms with van der Waals surface area (Å²) in [7, 11) is 0. The monoisotopic (exact) mass is 376 g/mol. The predicted molar refractivity (Wildman–Crippen MR) is 82.1 cm³/mol. The Morgan fingerprint density at radius 1 is 0.579 bits per heavy atom. The molecule has 0 bridgehead atoms. The van der Waals surface area contributed by atoms with E-state index in [1.807, 2.05) is 0 Å². The summed E-state index contributed by atoms with van der Waals surface area (Å²) in [6, 6.07) is 0. The van der Waals surface area contributed by atoms with Gasteiger partial charge in [-0.1, -0.05) is 0 Å². The molecule has 0 saturated carbocycles. The van der Waals surface area contributed by atoms with Crippen LogP contribution in [0, 0.1) is 0 Å². The number of hydrogen-bond acceptors (Lipinski definition) is 3. The van der Waals surface area contributed by atoms with Gasteiger partial charge in [0.25, 0.3) is 0 Å². The molecule has 19 heavy (non-hydrogen) atoms. The molecule has 0 aromatic carbocycles. The van der Waals surface area contributed by atoms with E-state index < -0.39 is 22.7 Å². The minimum atomic E-state index is -2.95. The third-order valence-corrected chi connectivity index (χ3v) is 10.9. The van der Waals surface area contributed by atoms with Crippen LogP contribution in [0.4, 0.5) is 0 Å². The fourth-order valence-electron chi connectivity index (χ4n) is 1.10. The van der Waals surface area contributed by atoms with Crippen molar-refractivity contribution in [3.63, 3.8) is 0 Å². The minimum absolute atomic E-state index is 0.158. The number of hydrogen-bond donors (Lipinski definition) is 0. The van der Waals surface area contributed by atoms with Crippen molar-refractivity contribution in [2.24, 2.45) is 0 Å². The van der Waals surface area contributed by atoms with E-state index in [4.69, 9.17) is 8.56 Å². The molecule has 0 spiro atoms. The normalized spacial score (nSPS) is 13.7. The van der Waals surface area contributed by atoms with Crippen LogP contribution in [0.2, 0.25) is 0 Å². The topological polar surface area (TPSA) is 27.7 Å². The maximum absolute atomic E-state index is 6.23. The first-order valence-corrected chi connectivity index (χ1v) is 11.5. The molecule has 0 fully saturated rings. The summed E-state index contributed by atoms with van der Waals surface area (Å²) in [6.45, 7) is 19.1. The van der Waals surface area contributed by atoms with Gasteiger partial charge in [-0.05, 0) is 0 Å². The quantitative estimate of drug-likeness (QED) is 0.589. The van der Waals surface area contributed by atoms with Gasteiger partial charge in [0, 0.05) is 0 Å². The molecule has 0 aromatic rings. The average Bonchev–Trinajstić information content (AvgIpc) is 2.27. The summed E-state index contributed by atoms with van der Waals surface area (Å²) in [5, 5.41) is 0. The van der Waals surface area contributed by atoms with Crippen LogP contribution in [0.25, 0.3) is 0 Å². The van der Waals surface area contributed by atoms with E-state index in [-0.39, 0.29) is 16.8 Å². The molecule has 0 aliphatic heterocycles. The van der Waals surface area contributed by atoms with E-state index in [0.29, 0.717) is 0 Å². The summed E-state index contributed by atoms with van der Waals surface area (Å²) >= 11 is -2.95. The zero-order valence-corrected chi connectivity index (χ0v) is 17.7. The molecule has 0 atom stereocenters. The molecule has 0 aromatic heterocycles. The Morgan fingerprint density at radius 3 is 0.947 bits per heavy atom. The van der Waals surface area contributed by atoms with Crippen LogP contribution in [0.3, 0.4) is 0 Å². The maximum atomic E-state index is 6.23. The predicted octanol–water partition coefficient (Wildman–Crippen LogP) is 4.59. The molecule has 0 radical (unpaired) electrons. The Balaban J connectivity index is 4.84. The van der Waals surface area contributed by atoms with Crippen LogP contribution in [-0.4, -0.2) is 39.5 Å². The first kappa shape index (κ1) is 19.8. The average molecular weight is 376 g/mol. The molecule has 0 aliphatic carbocycles. The molecule has 0 aliphatic rings. The van der Waals surface area contributed by atoms with Gasteiger partial charge in [-0.25, -0.2) is 0 Å². The third kappa shape index (κ3) is 8.59. The zero-order chi connectivity index (χ0) is 15.3. The van der Waals surface area contributed by atoms with Gasteiger partial charge >= 0.3 is 130 Å². The van der Waals surface area contributed by atoms with Gasteiger partial charge in [-0.15, -0.1) is 0 Å². The number of rotatable bonds is 9. The van der Waals surface area contributed by atoms with Crippen molar-refractivity contribution < 1.29 is 8.56 Å². The van der Waals surface area contributed by atoms with Crippen molar-refractivity contribution in [2.45, 2.75) is 98.4 Å². The standard InChI is InChI=1S/3C5H11O.In/c3*1-4-5(2,3)6;/h3*4H2,1-3H3;/q3*-1;+3. The van der Waals surface area contributed by atoms with Gasteiger partial charge in [0.15, 0.2) is 0 Å². The summed E-state index contributed by atoms with van der Waals surface area (Å²) in [5.74, 6) is 0. The second-order valence-corrected chi connectivity index (χ2v) is 10.6. The first-order valence-electron chi connectivity index (χ1n) is 7.50. The molecule has 0 N–H and O–H groups in total. The van der Waals surface area contributed by atoms with Crippen LogP contribution in [0.15, 0.2) is 0 Å². The molecule has 0 rings (SSSR count). The molecule has 0 amide bonds. The van der Waals surface area contributed by atoms with E-state index in [1.54, 1.807) is 0 Å². The van der Waals surface area contributed by atoms with Crippen molar-refractivity contribution in [1.82, 2.24) is 0 Å². The Labute approximate surface area is 129 Å². The van der Waals surface area contributed by atoms with E-state index in [1.165, 1.54) is 0 Å². The van der Waals surface area contributed by atoms with Crippen LogP contribution in [0.1, 0.15) is 81.6 Å². The van der Waals surface area contributed by atoms with E-state index in [0.717, 1.165) is 19.3 Å². The summed E-state index contributed by atoms with van der Waals surface area (Å²) in [4.78, 5) is 0. The third-order valence-electron chi connectivity index (χ3n) is 3.80. The molecule has 114 valence electrons. The SMILES string of the molecule is CCC(C)(C)[O][In]([O]C(C)(C)CC)[O]C(C)(C)CC. The van der Waals surface area contributed by atoms with Crippen molar-refractivity contribution in [3.8, 4) is 0 Å². The Bertz CT molecular complexity index is 219. The second-order valence-electron chi connectivity index (χ2n) is 6.98. The zero-order valence-electron chi connectivity index (χ0n) is 14.4. The van der Waals surface area contributed by atoms with Crippen LogP contribution < -0.4 is 0 Å². The van der Waals surface area contributed by atoms with E-state index in [9.17, 15) is 0 Å². The second kappa shape index (κ2) is 7.67. The fourth-order valence-corrected chi connectivity index (χ4v) is 7.40. The molecule has 0 heterocycles. The Hall–Kier alpha value is 0.750. The van der Waals surface area contributed by atoms with Gasteiger partial charge in [0.2, 0.25) is 0 Å². The van der Waals surface area contributed by atoms with Crippen molar-refractivity contribution >= 4 is 22.7 Å². The van der Waals surface area contributed by atoms with Gasteiger partial charge in [0.1, 0.15) is 0 Å². The summed E-state index contributed by atoms with van der Waals surface area (Å²) < 4.78 is 18.7. The van der Waals surface area contributed by atoms with Crippen molar-refractivity contribution in [3.05, 3.63) is 0 Å². The Kier molecular flexibility index (Phi) is 7.97. The molecular weight excluding hydrogens is 343 g/mol. The first-order chi connectivity index (χ1) is 8.47. The molecule has 0 unspecified atom stereocenters. The summed E-state index contributed by atoms with van der Waals surface area (Å²) in [6.07, 6.45) is 2.89. The van der Waals surface area contributed by atoms with Crippen LogP contribution in [-0.2, 0) is 8.56 Å². The van der Waals surface area contributed by atoms with Crippen LogP contribution in [0.5, 0.6) is 0 Å². The van der Waals surface area contributed by atoms with E-state index in [2.05, 4.69) is 62.3 Å². The molecule has 0 saturated heterocycles. The van der Waals surface area contributed by atoms with Crippen molar-refractivity contribution in [1.29, 1.82) is 0 Å².